The van der Waals surface area contributed by atoms with E-state index in [2.05, 4.69) is 12.1 Å². The standard InChI is InChI=1S/C11H16NOP/c1-14(2,13)9-5-3-8(4-6-9)10-7-11(10)12/h3-6,10-11H,7,12H2,1-2H3. The number of nitrogens with two attached hydrogens (primary N) is 1. The van der Waals surface area contributed by atoms with Crippen LogP contribution < -0.4 is 11.0 Å². The molecule has 0 aromatic heterocycles. The first-order valence-electron chi connectivity index (χ1n) is 4.89. The largest absolute Gasteiger partial charge is 0.327 e. The van der Waals surface area contributed by atoms with Crippen LogP contribution in [0.3, 0.4) is 0 Å². The summed E-state index contributed by atoms with van der Waals surface area (Å²) >= 11 is 0. The van der Waals surface area contributed by atoms with E-state index in [0.717, 1.165) is 11.7 Å². The fourth-order valence-corrected chi connectivity index (χ4v) is 2.55. The molecular formula is C11H16NOP. The summed E-state index contributed by atoms with van der Waals surface area (Å²) < 4.78 is 11.8. The first-order valence-corrected chi connectivity index (χ1v) is 7.50. The van der Waals surface area contributed by atoms with E-state index >= 15 is 0 Å². The summed E-state index contributed by atoms with van der Waals surface area (Å²) in [5, 5.41) is 0.954. The Bertz CT molecular complexity index is 379. The summed E-state index contributed by atoms with van der Waals surface area (Å²) in [4.78, 5) is 0. The molecule has 0 bridgehead atoms. The van der Waals surface area contributed by atoms with Gasteiger partial charge in [-0.1, -0.05) is 24.3 Å². The maximum absolute atomic E-state index is 11.8. The summed E-state index contributed by atoms with van der Waals surface area (Å²) in [5.41, 5.74) is 7.05. The molecule has 0 spiro atoms. The van der Waals surface area contributed by atoms with Crippen LogP contribution in [-0.2, 0) is 4.57 Å². The monoisotopic (exact) mass is 209 g/mol. The highest BCUT2D eigenvalue weighted by Gasteiger charge is 2.34. The minimum atomic E-state index is -2.09. The van der Waals surface area contributed by atoms with Crippen molar-refractivity contribution >= 4 is 12.4 Å². The summed E-state index contributed by atoms with van der Waals surface area (Å²) in [6.45, 7) is 3.59. The van der Waals surface area contributed by atoms with Gasteiger partial charge in [-0.2, -0.15) is 0 Å². The predicted octanol–water partition coefficient (Wildman–Crippen LogP) is 1.75. The lowest BCUT2D eigenvalue weighted by atomic mass is 10.1. The molecule has 0 aliphatic heterocycles. The zero-order chi connectivity index (χ0) is 10.3. The van der Waals surface area contributed by atoms with E-state index in [4.69, 9.17) is 5.73 Å². The smallest absolute Gasteiger partial charge is 0.109 e. The number of rotatable bonds is 2. The van der Waals surface area contributed by atoms with Crippen molar-refractivity contribution in [3.05, 3.63) is 29.8 Å². The second kappa shape index (κ2) is 3.22. The molecule has 1 aliphatic carbocycles. The van der Waals surface area contributed by atoms with Gasteiger partial charge in [-0.3, -0.25) is 0 Å². The van der Waals surface area contributed by atoms with Crippen LogP contribution in [0.4, 0.5) is 0 Å². The van der Waals surface area contributed by atoms with Crippen LogP contribution in [0.15, 0.2) is 24.3 Å². The molecule has 1 aliphatic rings. The van der Waals surface area contributed by atoms with Gasteiger partial charge in [0.05, 0.1) is 0 Å². The quantitative estimate of drug-likeness (QED) is 0.754. The summed E-state index contributed by atoms with van der Waals surface area (Å²) in [6.07, 6.45) is 1.09. The molecular weight excluding hydrogens is 193 g/mol. The summed E-state index contributed by atoms with van der Waals surface area (Å²) in [7, 11) is -2.09. The van der Waals surface area contributed by atoms with E-state index < -0.39 is 7.14 Å². The third-order valence-electron chi connectivity index (χ3n) is 2.78. The molecule has 0 saturated heterocycles. The molecule has 1 fully saturated rings. The third kappa shape index (κ3) is 1.92. The van der Waals surface area contributed by atoms with Crippen LogP contribution >= 0.6 is 7.14 Å². The Labute approximate surface area is 84.9 Å². The normalized spacial score (nSPS) is 26.2. The van der Waals surface area contributed by atoms with E-state index in [1.807, 2.05) is 12.1 Å². The van der Waals surface area contributed by atoms with Gasteiger partial charge in [0.2, 0.25) is 0 Å². The molecule has 2 rings (SSSR count). The highest BCUT2D eigenvalue weighted by molar-refractivity contribution is 7.70. The summed E-state index contributed by atoms with van der Waals surface area (Å²) in [6, 6.07) is 8.41. The number of benzene rings is 1. The van der Waals surface area contributed by atoms with Crippen LogP contribution in [-0.4, -0.2) is 19.4 Å². The Hall–Kier alpha value is -0.590. The Morgan fingerprint density at radius 3 is 2.14 bits per heavy atom. The zero-order valence-electron chi connectivity index (χ0n) is 8.60. The van der Waals surface area contributed by atoms with Crippen LogP contribution in [0.5, 0.6) is 0 Å². The van der Waals surface area contributed by atoms with Gasteiger partial charge in [0, 0.05) is 17.3 Å². The molecule has 2 atom stereocenters. The molecule has 76 valence electrons. The predicted molar refractivity (Wildman–Crippen MR) is 60.9 cm³/mol. The number of hydrogen-bond donors (Lipinski definition) is 1. The van der Waals surface area contributed by atoms with Gasteiger partial charge in [-0.25, -0.2) is 0 Å². The van der Waals surface area contributed by atoms with Gasteiger partial charge in [0.15, 0.2) is 0 Å². The maximum atomic E-state index is 11.8. The van der Waals surface area contributed by atoms with E-state index in [1.54, 1.807) is 13.3 Å². The lowest BCUT2D eigenvalue weighted by Gasteiger charge is -2.07. The fraction of sp³-hybridized carbons (Fsp3) is 0.455. The topological polar surface area (TPSA) is 43.1 Å². The molecule has 3 heteroatoms. The van der Waals surface area contributed by atoms with Crippen molar-refractivity contribution in [1.29, 1.82) is 0 Å². The van der Waals surface area contributed by atoms with Gasteiger partial charge in [0.25, 0.3) is 0 Å². The highest BCUT2D eigenvalue weighted by atomic mass is 31.2. The molecule has 0 radical (unpaired) electrons. The molecule has 1 aromatic carbocycles. The van der Waals surface area contributed by atoms with Crippen LogP contribution in [0.2, 0.25) is 0 Å². The fourth-order valence-electron chi connectivity index (χ4n) is 1.68. The lowest BCUT2D eigenvalue weighted by Crippen LogP contribution is -2.04. The molecule has 2 N–H and O–H groups in total. The molecule has 14 heavy (non-hydrogen) atoms. The van der Waals surface area contributed by atoms with Crippen molar-refractivity contribution in [3.63, 3.8) is 0 Å². The second-order valence-electron chi connectivity index (χ2n) is 4.45. The molecule has 2 unspecified atom stereocenters. The number of hydrogen-bond acceptors (Lipinski definition) is 2. The highest BCUT2D eigenvalue weighted by Crippen LogP contribution is 2.40. The van der Waals surface area contributed by atoms with E-state index in [0.29, 0.717) is 12.0 Å². The first-order chi connectivity index (χ1) is 6.48. The minimum Gasteiger partial charge on any atom is -0.327 e. The van der Waals surface area contributed by atoms with Gasteiger partial charge in [0.1, 0.15) is 7.14 Å². The zero-order valence-corrected chi connectivity index (χ0v) is 9.50. The van der Waals surface area contributed by atoms with Crippen LogP contribution in [0.1, 0.15) is 17.9 Å². The Morgan fingerprint density at radius 1 is 1.29 bits per heavy atom. The molecule has 0 amide bonds. The van der Waals surface area contributed by atoms with Gasteiger partial charge in [-0.15, -0.1) is 0 Å². The second-order valence-corrected chi connectivity index (χ2v) is 7.67. The Balaban J connectivity index is 2.23. The molecule has 0 heterocycles. The Kier molecular flexibility index (Phi) is 2.29. The van der Waals surface area contributed by atoms with Crippen molar-refractivity contribution in [2.45, 2.75) is 18.4 Å². The SMILES string of the molecule is CP(C)(=O)c1ccc(C2CC2N)cc1. The third-order valence-corrected chi connectivity index (χ3v) is 4.32. The molecule has 1 saturated carbocycles. The van der Waals surface area contributed by atoms with Crippen molar-refractivity contribution in [2.24, 2.45) is 5.73 Å². The van der Waals surface area contributed by atoms with Crippen molar-refractivity contribution < 1.29 is 4.57 Å². The van der Waals surface area contributed by atoms with Gasteiger partial charge in [-0.05, 0) is 25.3 Å². The average Bonchev–Trinajstić information content (AvgIpc) is 2.81. The Morgan fingerprint density at radius 2 is 1.79 bits per heavy atom. The van der Waals surface area contributed by atoms with Crippen molar-refractivity contribution in [2.75, 3.05) is 13.3 Å². The van der Waals surface area contributed by atoms with E-state index in [9.17, 15) is 4.57 Å². The van der Waals surface area contributed by atoms with Crippen LogP contribution in [0, 0.1) is 0 Å². The summed E-state index contributed by atoms with van der Waals surface area (Å²) in [5.74, 6) is 0.539. The first kappa shape index (κ1) is 9.95. The molecule has 1 aromatic rings. The lowest BCUT2D eigenvalue weighted by molar-refractivity contribution is 0.588. The van der Waals surface area contributed by atoms with Crippen molar-refractivity contribution in [1.82, 2.24) is 0 Å². The average molecular weight is 209 g/mol. The van der Waals surface area contributed by atoms with Crippen LogP contribution in [0.25, 0.3) is 0 Å². The van der Waals surface area contributed by atoms with E-state index in [1.165, 1.54) is 5.56 Å². The van der Waals surface area contributed by atoms with Gasteiger partial charge < -0.3 is 10.3 Å². The van der Waals surface area contributed by atoms with E-state index in [-0.39, 0.29) is 0 Å². The van der Waals surface area contributed by atoms with Crippen molar-refractivity contribution in [3.8, 4) is 0 Å². The molecule has 2 nitrogen and oxygen atoms in total. The maximum Gasteiger partial charge on any atom is 0.109 e. The van der Waals surface area contributed by atoms with Gasteiger partial charge >= 0.3 is 0 Å². The minimum absolute atomic E-state index is 0.343.